The highest BCUT2D eigenvalue weighted by atomic mass is 79.9. The average molecular weight is 353 g/mol. The third-order valence-electron chi connectivity index (χ3n) is 2.50. The summed E-state index contributed by atoms with van der Waals surface area (Å²) < 4.78 is 6.01. The number of hydrogen-bond acceptors (Lipinski definition) is 4. The lowest BCUT2D eigenvalue weighted by atomic mass is 10.2. The Balaban J connectivity index is 2.31. The SMILES string of the molecule is CCOC(=O)c1cc(O)ccc1Sc1ccc(Br)cc1. The molecule has 0 aliphatic carbocycles. The first-order valence-electron chi connectivity index (χ1n) is 6.03. The molecule has 2 rings (SSSR count). The molecular formula is C15H13BrO3S. The van der Waals surface area contributed by atoms with Crippen LogP contribution >= 0.6 is 27.7 Å². The second kappa shape index (κ2) is 6.81. The Kier molecular flexibility index (Phi) is 5.09. The predicted octanol–water partition coefficient (Wildman–Crippen LogP) is 4.48. The van der Waals surface area contributed by atoms with Crippen molar-refractivity contribution in [2.75, 3.05) is 6.61 Å². The average Bonchev–Trinajstić information content (AvgIpc) is 2.43. The molecule has 0 aliphatic rings. The topological polar surface area (TPSA) is 46.5 Å². The molecule has 0 heterocycles. The summed E-state index contributed by atoms with van der Waals surface area (Å²) in [7, 11) is 0. The summed E-state index contributed by atoms with van der Waals surface area (Å²) in [5, 5.41) is 9.53. The second-order valence-corrected chi connectivity index (χ2v) is 5.99. The van der Waals surface area contributed by atoms with Crippen molar-refractivity contribution >= 4 is 33.7 Å². The first-order chi connectivity index (χ1) is 9.60. The van der Waals surface area contributed by atoms with Crippen molar-refractivity contribution < 1.29 is 14.6 Å². The van der Waals surface area contributed by atoms with Crippen molar-refractivity contribution in [2.24, 2.45) is 0 Å². The predicted molar refractivity (Wildman–Crippen MR) is 82.3 cm³/mol. The molecule has 0 fully saturated rings. The van der Waals surface area contributed by atoms with E-state index < -0.39 is 5.97 Å². The van der Waals surface area contributed by atoms with Crippen LogP contribution in [0.4, 0.5) is 0 Å². The molecule has 0 saturated heterocycles. The van der Waals surface area contributed by atoms with Crippen LogP contribution in [0.5, 0.6) is 5.75 Å². The fourth-order valence-electron chi connectivity index (χ4n) is 1.60. The van der Waals surface area contributed by atoms with Gasteiger partial charge in [0.25, 0.3) is 0 Å². The Labute approximate surface area is 130 Å². The molecule has 0 aliphatic heterocycles. The monoisotopic (exact) mass is 352 g/mol. The smallest absolute Gasteiger partial charge is 0.339 e. The van der Waals surface area contributed by atoms with Gasteiger partial charge in [-0.15, -0.1) is 0 Å². The Morgan fingerprint density at radius 2 is 1.95 bits per heavy atom. The zero-order valence-corrected chi connectivity index (χ0v) is 13.2. The Morgan fingerprint density at radius 1 is 1.25 bits per heavy atom. The molecule has 0 aromatic heterocycles. The number of esters is 1. The maximum Gasteiger partial charge on any atom is 0.339 e. The summed E-state index contributed by atoms with van der Waals surface area (Å²) in [4.78, 5) is 13.7. The molecule has 0 unspecified atom stereocenters. The number of phenolic OH excluding ortho intramolecular Hbond substituents is 1. The van der Waals surface area contributed by atoms with Gasteiger partial charge < -0.3 is 9.84 Å². The number of phenols is 1. The number of hydrogen-bond donors (Lipinski definition) is 1. The van der Waals surface area contributed by atoms with Gasteiger partial charge in [-0.1, -0.05) is 27.7 Å². The van der Waals surface area contributed by atoms with Gasteiger partial charge in [-0.25, -0.2) is 4.79 Å². The summed E-state index contributed by atoms with van der Waals surface area (Å²) in [6.07, 6.45) is 0. The minimum Gasteiger partial charge on any atom is -0.508 e. The number of carbonyl (C=O) groups excluding carboxylic acids is 1. The van der Waals surface area contributed by atoms with Crippen molar-refractivity contribution in [1.29, 1.82) is 0 Å². The summed E-state index contributed by atoms with van der Waals surface area (Å²) in [5.41, 5.74) is 0.375. The molecule has 0 amide bonds. The van der Waals surface area contributed by atoms with Crippen LogP contribution in [0.3, 0.4) is 0 Å². The van der Waals surface area contributed by atoms with E-state index in [2.05, 4.69) is 15.9 Å². The molecule has 0 atom stereocenters. The molecule has 0 spiro atoms. The Bertz CT molecular complexity index is 611. The van der Waals surface area contributed by atoms with Gasteiger partial charge in [-0.2, -0.15) is 0 Å². The minimum absolute atomic E-state index is 0.0493. The van der Waals surface area contributed by atoms with Crippen LogP contribution in [0.25, 0.3) is 0 Å². The first kappa shape index (κ1) is 14.9. The van der Waals surface area contributed by atoms with Gasteiger partial charge in [0.15, 0.2) is 0 Å². The third-order valence-corrected chi connectivity index (χ3v) is 4.11. The summed E-state index contributed by atoms with van der Waals surface area (Å²) in [6, 6.07) is 12.5. The summed E-state index contributed by atoms with van der Waals surface area (Å²) >= 11 is 4.84. The van der Waals surface area contributed by atoms with Crippen molar-refractivity contribution in [3.05, 3.63) is 52.5 Å². The van der Waals surface area contributed by atoms with Crippen LogP contribution in [0.1, 0.15) is 17.3 Å². The van der Waals surface area contributed by atoms with Gasteiger partial charge in [0, 0.05) is 14.3 Å². The number of aromatic hydroxyl groups is 1. The lowest BCUT2D eigenvalue weighted by Crippen LogP contribution is -2.05. The van der Waals surface area contributed by atoms with E-state index in [1.165, 1.54) is 17.8 Å². The number of carbonyl (C=O) groups is 1. The summed E-state index contributed by atoms with van der Waals surface area (Å²) in [5.74, 6) is -0.378. The van der Waals surface area contributed by atoms with Crippen molar-refractivity contribution in [1.82, 2.24) is 0 Å². The second-order valence-electron chi connectivity index (χ2n) is 3.96. The lowest BCUT2D eigenvalue weighted by Gasteiger charge is -2.09. The van der Waals surface area contributed by atoms with Gasteiger partial charge in [0.2, 0.25) is 0 Å². The highest BCUT2D eigenvalue weighted by Gasteiger charge is 2.14. The molecular weight excluding hydrogens is 340 g/mol. The molecule has 3 nitrogen and oxygen atoms in total. The Hall–Kier alpha value is -1.46. The third kappa shape index (κ3) is 3.77. The molecule has 0 radical (unpaired) electrons. The van der Waals surface area contributed by atoms with Crippen LogP contribution < -0.4 is 0 Å². The fraction of sp³-hybridized carbons (Fsp3) is 0.133. The maximum absolute atomic E-state index is 11.9. The highest BCUT2D eigenvalue weighted by molar-refractivity contribution is 9.10. The van der Waals surface area contributed by atoms with Crippen molar-refractivity contribution in [3.8, 4) is 5.75 Å². The van der Waals surface area contributed by atoms with Crippen LogP contribution in [0.15, 0.2) is 56.7 Å². The number of benzene rings is 2. The highest BCUT2D eigenvalue weighted by Crippen LogP contribution is 2.33. The van der Waals surface area contributed by atoms with E-state index in [9.17, 15) is 9.90 Å². The van der Waals surface area contributed by atoms with Crippen LogP contribution in [0.2, 0.25) is 0 Å². The molecule has 0 saturated carbocycles. The van der Waals surface area contributed by atoms with E-state index in [0.717, 1.165) is 14.3 Å². The van der Waals surface area contributed by atoms with Crippen LogP contribution in [-0.4, -0.2) is 17.7 Å². The van der Waals surface area contributed by atoms with E-state index >= 15 is 0 Å². The number of rotatable bonds is 4. The molecule has 2 aromatic rings. The molecule has 5 heteroatoms. The van der Waals surface area contributed by atoms with Crippen LogP contribution in [-0.2, 0) is 4.74 Å². The standard InChI is InChI=1S/C15H13BrO3S/c1-2-19-15(18)13-9-11(17)5-8-14(13)20-12-6-3-10(16)4-7-12/h3-9,17H,2H2,1H3. The lowest BCUT2D eigenvalue weighted by molar-refractivity contribution is 0.0522. The largest absolute Gasteiger partial charge is 0.508 e. The van der Waals surface area contributed by atoms with Gasteiger partial charge in [0.1, 0.15) is 5.75 Å². The Morgan fingerprint density at radius 3 is 2.60 bits per heavy atom. The van der Waals surface area contributed by atoms with E-state index in [0.29, 0.717) is 12.2 Å². The maximum atomic E-state index is 11.9. The van der Waals surface area contributed by atoms with E-state index in [1.807, 2.05) is 24.3 Å². The molecule has 1 N–H and O–H groups in total. The first-order valence-corrected chi connectivity index (χ1v) is 7.64. The quantitative estimate of drug-likeness (QED) is 0.823. The zero-order valence-electron chi connectivity index (χ0n) is 10.8. The van der Waals surface area contributed by atoms with Gasteiger partial charge in [-0.05, 0) is 49.4 Å². The zero-order chi connectivity index (χ0) is 14.5. The molecule has 20 heavy (non-hydrogen) atoms. The molecule has 2 aromatic carbocycles. The number of ether oxygens (including phenoxy) is 1. The molecule has 104 valence electrons. The van der Waals surface area contributed by atoms with E-state index in [-0.39, 0.29) is 5.75 Å². The van der Waals surface area contributed by atoms with Gasteiger partial charge in [-0.3, -0.25) is 0 Å². The van der Waals surface area contributed by atoms with Gasteiger partial charge in [0.05, 0.1) is 12.2 Å². The van der Waals surface area contributed by atoms with E-state index in [1.54, 1.807) is 19.1 Å². The van der Waals surface area contributed by atoms with E-state index in [4.69, 9.17) is 4.74 Å². The normalized spacial score (nSPS) is 10.3. The van der Waals surface area contributed by atoms with Crippen molar-refractivity contribution in [2.45, 2.75) is 16.7 Å². The van der Waals surface area contributed by atoms with Gasteiger partial charge >= 0.3 is 5.97 Å². The summed E-state index contributed by atoms with van der Waals surface area (Å²) in [6.45, 7) is 2.05. The number of halogens is 1. The van der Waals surface area contributed by atoms with Crippen molar-refractivity contribution in [3.63, 3.8) is 0 Å². The fourth-order valence-corrected chi connectivity index (χ4v) is 2.78. The molecule has 0 bridgehead atoms. The minimum atomic E-state index is -0.428. The van der Waals surface area contributed by atoms with Crippen LogP contribution in [0, 0.1) is 0 Å².